The van der Waals surface area contributed by atoms with Gasteiger partial charge in [-0.3, -0.25) is 4.79 Å². The highest BCUT2D eigenvalue weighted by Crippen LogP contribution is 2.35. The number of carbonyl (C=O) groups is 1. The zero-order valence-electron chi connectivity index (χ0n) is 14.9. The molecule has 1 aromatic heterocycles. The molecule has 0 spiro atoms. The Kier molecular flexibility index (Phi) is 4.20. The van der Waals surface area contributed by atoms with Crippen molar-refractivity contribution < 1.29 is 15.0 Å². The number of imidazole rings is 1. The number of fused-ring (bicyclic) bond motifs is 1. The van der Waals surface area contributed by atoms with E-state index >= 15 is 0 Å². The minimum absolute atomic E-state index is 0.129. The van der Waals surface area contributed by atoms with Crippen molar-refractivity contribution in [3.63, 3.8) is 0 Å². The summed E-state index contributed by atoms with van der Waals surface area (Å²) in [4.78, 5) is 24.5. The summed E-state index contributed by atoms with van der Waals surface area (Å²) in [6.07, 6.45) is 2.54. The average molecular weight is 356 g/mol. The number of phenolic OH excluding ortho intramolecular Hbond substituents is 1. The number of rotatable bonds is 2. The largest absolute Gasteiger partial charge is 0.508 e. The summed E-state index contributed by atoms with van der Waals surface area (Å²) in [5, 5.41) is 20.8. The summed E-state index contributed by atoms with van der Waals surface area (Å²) in [5.41, 5.74) is 1.39. The molecule has 1 fully saturated rings. The molecular formula is C19H24N4O3. The zero-order valence-corrected chi connectivity index (χ0v) is 14.9. The lowest BCUT2D eigenvalue weighted by molar-refractivity contribution is -0.157. The predicted octanol–water partition coefficient (Wildman–Crippen LogP) is 1.05. The molecule has 26 heavy (non-hydrogen) atoms. The van der Waals surface area contributed by atoms with Crippen LogP contribution in [0.3, 0.4) is 0 Å². The van der Waals surface area contributed by atoms with E-state index in [1.807, 2.05) is 13.1 Å². The summed E-state index contributed by atoms with van der Waals surface area (Å²) in [6.45, 7) is 2.28. The first-order valence-corrected chi connectivity index (χ1v) is 8.98. The number of aromatic nitrogens is 2. The van der Waals surface area contributed by atoms with E-state index in [9.17, 15) is 15.0 Å². The molecule has 1 unspecified atom stereocenters. The molecule has 2 aliphatic heterocycles. The van der Waals surface area contributed by atoms with Crippen molar-refractivity contribution in [3.05, 3.63) is 47.5 Å². The summed E-state index contributed by atoms with van der Waals surface area (Å²) in [7, 11) is 2.00. The molecule has 3 heterocycles. The molecule has 4 rings (SSSR count). The number of aromatic hydroxyl groups is 1. The first kappa shape index (κ1) is 17.1. The fourth-order valence-electron chi connectivity index (χ4n) is 3.98. The quantitative estimate of drug-likeness (QED) is 0.748. The van der Waals surface area contributed by atoms with E-state index in [1.54, 1.807) is 29.4 Å². The number of hydrogen-bond acceptors (Lipinski definition) is 5. The molecule has 138 valence electrons. The molecule has 0 bridgehead atoms. The van der Waals surface area contributed by atoms with Gasteiger partial charge in [0, 0.05) is 25.6 Å². The third kappa shape index (κ3) is 2.97. The minimum atomic E-state index is -1.30. The topological polar surface area (TPSA) is 92.7 Å². The van der Waals surface area contributed by atoms with Crippen LogP contribution in [0.2, 0.25) is 0 Å². The van der Waals surface area contributed by atoms with Crippen LogP contribution < -0.4 is 0 Å². The van der Waals surface area contributed by atoms with Gasteiger partial charge in [-0.05, 0) is 37.6 Å². The fourth-order valence-corrected chi connectivity index (χ4v) is 3.98. The standard InChI is InChI=1S/C19H24N4O3/c1-22-7-5-19(26,6-8-22)18(25)23-10-15(13-3-2-4-14(24)9-13)17-16(11-23)20-12-21-17/h2-4,9,12,15,24,26H,5-8,10-11H2,1H3,(H,20,21). The van der Waals surface area contributed by atoms with Gasteiger partial charge in [0.15, 0.2) is 0 Å². The Bertz CT molecular complexity index is 811. The number of carbonyl (C=O) groups excluding carboxylic acids is 1. The molecule has 1 atom stereocenters. The Balaban J connectivity index is 1.62. The van der Waals surface area contributed by atoms with Crippen molar-refractivity contribution in [1.82, 2.24) is 19.8 Å². The first-order valence-electron chi connectivity index (χ1n) is 8.98. The van der Waals surface area contributed by atoms with Gasteiger partial charge < -0.3 is 25.0 Å². The molecule has 1 aromatic carbocycles. The number of nitrogens with one attached hydrogen (secondary N) is 1. The lowest BCUT2D eigenvalue weighted by Gasteiger charge is -2.41. The molecule has 7 heteroatoms. The van der Waals surface area contributed by atoms with Gasteiger partial charge in [0.25, 0.3) is 5.91 Å². The Hall–Kier alpha value is -2.38. The number of nitrogens with zero attached hydrogens (tertiary/aromatic N) is 3. The summed E-state index contributed by atoms with van der Waals surface area (Å²) >= 11 is 0. The summed E-state index contributed by atoms with van der Waals surface area (Å²) < 4.78 is 0. The molecule has 7 nitrogen and oxygen atoms in total. The number of benzene rings is 1. The molecule has 1 saturated heterocycles. The third-order valence-corrected chi connectivity index (χ3v) is 5.61. The van der Waals surface area contributed by atoms with E-state index in [4.69, 9.17) is 0 Å². The van der Waals surface area contributed by atoms with E-state index in [0.29, 0.717) is 39.0 Å². The van der Waals surface area contributed by atoms with Crippen LogP contribution >= 0.6 is 0 Å². The highest BCUT2D eigenvalue weighted by Gasteiger charge is 2.43. The number of amides is 1. The molecular weight excluding hydrogens is 332 g/mol. The molecule has 3 N–H and O–H groups in total. The van der Waals surface area contributed by atoms with Crippen LogP contribution in [-0.2, 0) is 11.3 Å². The number of piperidine rings is 1. The smallest absolute Gasteiger partial charge is 0.255 e. The van der Waals surface area contributed by atoms with Crippen LogP contribution in [0.15, 0.2) is 30.6 Å². The van der Waals surface area contributed by atoms with Crippen LogP contribution in [0.5, 0.6) is 5.75 Å². The van der Waals surface area contributed by atoms with E-state index < -0.39 is 5.60 Å². The second-order valence-electron chi connectivity index (χ2n) is 7.43. The molecule has 2 aromatic rings. The van der Waals surface area contributed by atoms with Gasteiger partial charge in [-0.1, -0.05) is 12.1 Å². The van der Waals surface area contributed by atoms with Crippen molar-refractivity contribution in [3.8, 4) is 5.75 Å². The van der Waals surface area contributed by atoms with Crippen molar-refractivity contribution in [2.75, 3.05) is 26.7 Å². The van der Waals surface area contributed by atoms with Crippen molar-refractivity contribution >= 4 is 5.91 Å². The zero-order chi connectivity index (χ0) is 18.3. The first-order chi connectivity index (χ1) is 12.5. The van der Waals surface area contributed by atoms with Crippen LogP contribution in [0.1, 0.15) is 35.7 Å². The Morgan fingerprint density at radius 1 is 1.35 bits per heavy atom. The van der Waals surface area contributed by atoms with Gasteiger partial charge in [0.1, 0.15) is 11.4 Å². The van der Waals surface area contributed by atoms with Gasteiger partial charge in [-0.25, -0.2) is 4.98 Å². The lowest BCUT2D eigenvalue weighted by Crippen LogP contribution is -2.55. The summed E-state index contributed by atoms with van der Waals surface area (Å²) in [6, 6.07) is 7.06. The van der Waals surface area contributed by atoms with E-state index in [1.165, 1.54) is 0 Å². The normalized spacial score (nSPS) is 22.8. The number of phenols is 1. The van der Waals surface area contributed by atoms with Crippen molar-refractivity contribution in [1.29, 1.82) is 0 Å². The van der Waals surface area contributed by atoms with Gasteiger partial charge in [0.2, 0.25) is 0 Å². The maximum absolute atomic E-state index is 13.1. The number of aromatic amines is 1. The van der Waals surface area contributed by atoms with Gasteiger partial charge >= 0.3 is 0 Å². The molecule has 1 amide bonds. The molecule has 0 radical (unpaired) electrons. The van der Waals surface area contributed by atoms with E-state index in [-0.39, 0.29) is 17.6 Å². The molecule has 2 aliphatic rings. The number of likely N-dealkylation sites (tertiary alicyclic amines) is 1. The van der Waals surface area contributed by atoms with Crippen molar-refractivity contribution in [2.24, 2.45) is 0 Å². The van der Waals surface area contributed by atoms with Gasteiger partial charge in [-0.2, -0.15) is 0 Å². The Morgan fingerprint density at radius 3 is 2.85 bits per heavy atom. The monoisotopic (exact) mass is 356 g/mol. The minimum Gasteiger partial charge on any atom is -0.508 e. The number of aliphatic hydroxyl groups is 1. The average Bonchev–Trinajstić information content (AvgIpc) is 3.11. The second kappa shape index (κ2) is 6.41. The predicted molar refractivity (Wildman–Crippen MR) is 95.6 cm³/mol. The van der Waals surface area contributed by atoms with E-state index in [2.05, 4.69) is 14.9 Å². The maximum Gasteiger partial charge on any atom is 0.255 e. The van der Waals surface area contributed by atoms with Crippen LogP contribution in [0, 0.1) is 0 Å². The van der Waals surface area contributed by atoms with Crippen LogP contribution in [-0.4, -0.2) is 68.2 Å². The maximum atomic E-state index is 13.1. The SMILES string of the molecule is CN1CCC(O)(C(=O)N2Cc3[nH]cnc3C(c3cccc(O)c3)C2)CC1. The third-order valence-electron chi connectivity index (χ3n) is 5.61. The van der Waals surface area contributed by atoms with Gasteiger partial charge in [-0.15, -0.1) is 0 Å². The Labute approximate surface area is 152 Å². The number of H-pyrrole nitrogens is 1. The lowest BCUT2D eigenvalue weighted by atomic mass is 9.86. The molecule has 0 saturated carbocycles. The molecule has 0 aliphatic carbocycles. The van der Waals surface area contributed by atoms with Crippen LogP contribution in [0.4, 0.5) is 0 Å². The highest BCUT2D eigenvalue weighted by molar-refractivity contribution is 5.85. The highest BCUT2D eigenvalue weighted by atomic mass is 16.3. The van der Waals surface area contributed by atoms with Crippen LogP contribution in [0.25, 0.3) is 0 Å². The summed E-state index contributed by atoms with van der Waals surface area (Å²) in [5.74, 6) is -0.149. The number of hydrogen-bond donors (Lipinski definition) is 3. The fraction of sp³-hybridized carbons (Fsp3) is 0.474. The van der Waals surface area contributed by atoms with E-state index in [0.717, 1.165) is 17.0 Å². The second-order valence-corrected chi connectivity index (χ2v) is 7.43. The van der Waals surface area contributed by atoms with Crippen molar-refractivity contribution in [2.45, 2.75) is 30.9 Å². The Morgan fingerprint density at radius 2 is 2.12 bits per heavy atom. The van der Waals surface area contributed by atoms with Gasteiger partial charge in [0.05, 0.1) is 24.3 Å².